The first kappa shape index (κ1) is 18.5. The molecule has 144 valence electrons. The summed E-state index contributed by atoms with van der Waals surface area (Å²) in [6, 6.07) is 16.2. The number of hydrogen-bond acceptors (Lipinski definition) is 4. The number of pyridine rings is 1. The van der Waals surface area contributed by atoms with Gasteiger partial charge < -0.3 is 14.9 Å². The number of methoxy groups -OCH3 is 1. The van der Waals surface area contributed by atoms with Gasteiger partial charge in [0.1, 0.15) is 5.75 Å². The highest BCUT2D eigenvalue weighted by Gasteiger charge is 2.16. The average Bonchev–Trinajstić information content (AvgIpc) is 2.74. The Hall–Kier alpha value is -3.86. The lowest BCUT2D eigenvalue weighted by Gasteiger charge is -2.19. The summed E-state index contributed by atoms with van der Waals surface area (Å²) in [6.45, 7) is 3.69. The number of carboxylic acid groups (broad SMARTS) is 1. The molecule has 3 aromatic carbocycles. The van der Waals surface area contributed by atoms with Crippen molar-refractivity contribution in [3.8, 4) is 22.8 Å². The second kappa shape index (κ2) is 7.28. The van der Waals surface area contributed by atoms with Gasteiger partial charge in [0.25, 0.3) is 0 Å². The van der Waals surface area contributed by atoms with Gasteiger partial charge in [-0.15, -0.1) is 6.58 Å². The molecule has 0 aliphatic heterocycles. The summed E-state index contributed by atoms with van der Waals surface area (Å²) in [7, 11) is 1.43. The SMILES string of the molecule is C=CCc1cc(-c2cc(C(=O)O)c3c(ccc4ccccc43)n2)cc(OC)c1[O-]. The van der Waals surface area contributed by atoms with Crippen molar-refractivity contribution >= 4 is 27.6 Å². The molecule has 0 aliphatic carbocycles. The van der Waals surface area contributed by atoms with Crippen LogP contribution in [0.5, 0.6) is 11.5 Å². The molecule has 1 N–H and O–H groups in total. The Bertz CT molecular complexity index is 1280. The number of ether oxygens (including phenoxy) is 1. The van der Waals surface area contributed by atoms with E-state index in [1.807, 2.05) is 36.4 Å². The number of nitrogens with zero attached hydrogens (tertiary/aromatic N) is 1. The molecule has 5 heteroatoms. The van der Waals surface area contributed by atoms with Crippen LogP contribution < -0.4 is 9.84 Å². The Morgan fingerprint density at radius 2 is 2.00 bits per heavy atom. The number of aromatic nitrogens is 1. The van der Waals surface area contributed by atoms with Crippen LogP contribution in [0.15, 0.2) is 67.3 Å². The Labute approximate surface area is 167 Å². The molecule has 0 aliphatic rings. The van der Waals surface area contributed by atoms with Crippen LogP contribution in [0.1, 0.15) is 15.9 Å². The molecular weight excluding hydrogens is 366 g/mol. The molecule has 0 fully saturated rings. The maximum Gasteiger partial charge on any atom is 0.336 e. The molecule has 0 spiro atoms. The quantitative estimate of drug-likeness (QED) is 0.403. The number of benzene rings is 3. The van der Waals surface area contributed by atoms with Gasteiger partial charge in [-0.25, -0.2) is 9.78 Å². The van der Waals surface area contributed by atoms with E-state index in [0.717, 1.165) is 10.8 Å². The van der Waals surface area contributed by atoms with Crippen molar-refractivity contribution in [3.05, 3.63) is 78.4 Å². The van der Waals surface area contributed by atoms with E-state index in [1.165, 1.54) is 7.11 Å². The van der Waals surface area contributed by atoms with E-state index in [2.05, 4.69) is 6.58 Å². The highest BCUT2D eigenvalue weighted by atomic mass is 16.5. The molecule has 4 rings (SSSR count). The van der Waals surface area contributed by atoms with E-state index in [4.69, 9.17) is 9.72 Å². The summed E-state index contributed by atoms with van der Waals surface area (Å²) in [5.74, 6) is -1.05. The van der Waals surface area contributed by atoms with Gasteiger partial charge in [0.15, 0.2) is 0 Å². The second-order valence-corrected chi connectivity index (χ2v) is 6.70. The predicted octanol–water partition coefficient (Wildman–Crippen LogP) is 4.56. The van der Waals surface area contributed by atoms with Crippen LogP contribution in [-0.2, 0) is 6.42 Å². The lowest BCUT2D eigenvalue weighted by Crippen LogP contribution is -2.03. The topological polar surface area (TPSA) is 82.5 Å². The normalized spacial score (nSPS) is 10.9. The van der Waals surface area contributed by atoms with Crippen molar-refractivity contribution < 1.29 is 19.7 Å². The van der Waals surface area contributed by atoms with Crippen LogP contribution in [0.2, 0.25) is 0 Å². The molecule has 1 heterocycles. The minimum Gasteiger partial charge on any atom is -0.870 e. The van der Waals surface area contributed by atoms with E-state index in [1.54, 1.807) is 24.3 Å². The van der Waals surface area contributed by atoms with Crippen molar-refractivity contribution in [1.29, 1.82) is 0 Å². The molecule has 0 bridgehead atoms. The first-order chi connectivity index (χ1) is 14.0. The minimum absolute atomic E-state index is 0.164. The summed E-state index contributed by atoms with van der Waals surface area (Å²) >= 11 is 0. The molecule has 0 saturated heterocycles. The van der Waals surface area contributed by atoms with E-state index in [-0.39, 0.29) is 17.1 Å². The van der Waals surface area contributed by atoms with Crippen molar-refractivity contribution in [2.24, 2.45) is 0 Å². The predicted molar refractivity (Wildman–Crippen MR) is 112 cm³/mol. The van der Waals surface area contributed by atoms with Gasteiger partial charge in [-0.2, -0.15) is 0 Å². The smallest absolute Gasteiger partial charge is 0.336 e. The first-order valence-electron chi connectivity index (χ1n) is 9.08. The fraction of sp³-hybridized carbons (Fsp3) is 0.0833. The summed E-state index contributed by atoms with van der Waals surface area (Å²) in [4.78, 5) is 16.8. The molecule has 4 aromatic rings. The third-order valence-corrected chi connectivity index (χ3v) is 4.94. The van der Waals surface area contributed by atoms with Crippen LogP contribution in [0.25, 0.3) is 32.9 Å². The third kappa shape index (κ3) is 3.17. The van der Waals surface area contributed by atoms with E-state index in [0.29, 0.717) is 34.1 Å². The summed E-state index contributed by atoms with van der Waals surface area (Å²) < 4.78 is 5.23. The molecular formula is C24H18NO4-. The second-order valence-electron chi connectivity index (χ2n) is 6.70. The third-order valence-electron chi connectivity index (χ3n) is 4.94. The largest absolute Gasteiger partial charge is 0.870 e. The zero-order chi connectivity index (χ0) is 20.5. The number of fused-ring (bicyclic) bond motifs is 3. The Kier molecular flexibility index (Phi) is 4.64. The number of hydrogen-bond donors (Lipinski definition) is 1. The van der Waals surface area contributed by atoms with Gasteiger partial charge in [0.2, 0.25) is 0 Å². The highest BCUT2D eigenvalue weighted by molar-refractivity contribution is 6.15. The van der Waals surface area contributed by atoms with Crippen LogP contribution in [-0.4, -0.2) is 23.2 Å². The number of allylic oxidation sites excluding steroid dienone is 1. The Morgan fingerprint density at radius 1 is 1.21 bits per heavy atom. The summed E-state index contributed by atoms with van der Waals surface area (Å²) in [6.07, 6.45) is 2.02. The molecule has 0 unspecified atom stereocenters. The zero-order valence-corrected chi connectivity index (χ0v) is 15.8. The summed E-state index contributed by atoms with van der Waals surface area (Å²) in [5, 5.41) is 24.7. The van der Waals surface area contributed by atoms with Gasteiger partial charge in [0, 0.05) is 10.9 Å². The minimum atomic E-state index is -1.03. The van der Waals surface area contributed by atoms with Crippen LogP contribution in [0.3, 0.4) is 0 Å². The van der Waals surface area contributed by atoms with Gasteiger partial charge in [-0.1, -0.05) is 42.2 Å². The Balaban J connectivity index is 2.03. The molecule has 0 saturated carbocycles. The van der Waals surface area contributed by atoms with Gasteiger partial charge >= 0.3 is 5.97 Å². The number of carboxylic acids is 1. The van der Waals surface area contributed by atoms with Gasteiger partial charge in [-0.05, 0) is 47.0 Å². The average molecular weight is 384 g/mol. The number of aromatic carboxylic acids is 1. The van der Waals surface area contributed by atoms with Gasteiger partial charge in [-0.3, -0.25) is 0 Å². The first-order valence-corrected chi connectivity index (χ1v) is 9.08. The lowest BCUT2D eigenvalue weighted by atomic mass is 9.97. The monoisotopic (exact) mass is 384 g/mol. The molecule has 29 heavy (non-hydrogen) atoms. The van der Waals surface area contributed by atoms with Crippen molar-refractivity contribution in [1.82, 2.24) is 4.98 Å². The lowest BCUT2D eigenvalue weighted by molar-refractivity contribution is -0.271. The molecule has 0 radical (unpaired) electrons. The van der Waals surface area contributed by atoms with Crippen molar-refractivity contribution in [3.63, 3.8) is 0 Å². The number of carbonyl (C=O) groups is 1. The van der Waals surface area contributed by atoms with Crippen LogP contribution in [0, 0.1) is 0 Å². The molecule has 1 aromatic heterocycles. The van der Waals surface area contributed by atoms with E-state index >= 15 is 0 Å². The summed E-state index contributed by atoms with van der Waals surface area (Å²) in [5.41, 5.74) is 2.35. The zero-order valence-electron chi connectivity index (χ0n) is 15.8. The molecule has 0 amide bonds. The van der Waals surface area contributed by atoms with Crippen LogP contribution in [0.4, 0.5) is 0 Å². The van der Waals surface area contributed by atoms with Crippen LogP contribution >= 0.6 is 0 Å². The molecule has 5 nitrogen and oxygen atoms in total. The maximum absolute atomic E-state index is 12.4. The highest BCUT2D eigenvalue weighted by Crippen LogP contribution is 2.36. The standard InChI is InChI=1S/C24H19NO4/c1-3-6-15-11-16(12-21(29-2)23(15)26)20-13-18(24(27)28)22-17-8-5-4-7-14(17)9-10-19(22)25-20/h3-5,7-13,26H,1,6H2,2H3,(H,27,28)/p-1. The van der Waals surface area contributed by atoms with Crippen molar-refractivity contribution in [2.45, 2.75) is 6.42 Å². The number of rotatable bonds is 5. The Morgan fingerprint density at radius 3 is 2.72 bits per heavy atom. The van der Waals surface area contributed by atoms with E-state index < -0.39 is 5.97 Å². The molecule has 0 atom stereocenters. The van der Waals surface area contributed by atoms with Crippen molar-refractivity contribution in [2.75, 3.05) is 7.11 Å². The maximum atomic E-state index is 12.4. The fourth-order valence-corrected chi connectivity index (χ4v) is 3.59. The fourth-order valence-electron chi connectivity index (χ4n) is 3.59. The van der Waals surface area contributed by atoms with Gasteiger partial charge in [0.05, 0.1) is 23.9 Å². The van der Waals surface area contributed by atoms with E-state index in [9.17, 15) is 15.0 Å².